The van der Waals surface area contributed by atoms with E-state index in [-0.39, 0.29) is 6.04 Å². The van der Waals surface area contributed by atoms with Crippen molar-refractivity contribution in [2.24, 2.45) is 0 Å². The molecule has 1 aromatic carbocycles. The molecule has 1 N–H and O–H groups in total. The molecule has 0 fully saturated rings. The first-order valence-corrected chi connectivity index (χ1v) is 8.72. The van der Waals surface area contributed by atoms with Gasteiger partial charge in [-0.1, -0.05) is 11.6 Å². The van der Waals surface area contributed by atoms with Gasteiger partial charge in [0.15, 0.2) is 5.82 Å². The molecule has 0 amide bonds. The van der Waals surface area contributed by atoms with Crippen LogP contribution in [0.4, 0.5) is 5.82 Å². The molecule has 1 aliphatic heterocycles. The molecule has 126 valence electrons. The van der Waals surface area contributed by atoms with Gasteiger partial charge in [-0.25, -0.2) is 4.98 Å². The second-order valence-corrected chi connectivity index (χ2v) is 6.71. The van der Waals surface area contributed by atoms with Crippen molar-refractivity contribution >= 4 is 28.3 Å². The number of benzene rings is 1. The van der Waals surface area contributed by atoms with E-state index in [9.17, 15) is 5.26 Å². The monoisotopic (exact) mass is 352 g/mol. The maximum Gasteiger partial charge on any atom is 0.155 e. The molecule has 0 spiro atoms. The van der Waals surface area contributed by atoms with Crippen LogP contribution >= 0.6 is 11.6 Å². The summed E-state index contributed by atoms with van der Waals surface area (Å²) in [4.78, 5) is 4.61. The van der Waals surface area contributed by atoms with Gasteiger partial charge in [-0.05, 0) is 44.0 Å². The zero-order valence-corrected chi connectivity index (χ0v) is 14.6. The highest BCUT2D eigenvalue weighted by atomic mass is 35.5. The summed E-state index contributed by atoms with van der Waals surface area (Å²) >= 11 is 6.04. The van der Waals surface area contributed by atoms with Crippen LogP contribution in [0.3, 0.4) is 0 Å². The number of nitriles is 1. The molecule has 1 unspecified atom stereocenters. The van der Waals surface area contributed by atoms with Gasteiger partial charge in [-0.15, -0.1) is 10.2 Å². The quantitative estimate of drug-likeness (QED) is 0.774. The number of anilines is 1. The fraction of sp³-hybridized carbons (Fsp3) is 0.333. The minimum Gasteiger partial charge on any atom is -0.360 e. The third-order valence-electron chi connectivity index (χ3n) is 4.53. The van der Waals surface area contributed by atoms with Gasteiger partial charge in [0.2, 0.25) is 0 Å². The Labute approximate surface area is 150 Å². The Morgan fingerprint density at radius 3 is 3.00 bits per heavy atom. The summed E-state index contributed by atoms with van der Waals surface area (Å²) in [6.45, 7) is 2.99. The van der Waals surface area contributed by atoms with Crippen molar-refractivity contribution in [3.05, 3.63) is 46.5 Å². The fourth-order valence-corrected chi connectivity index (χ4v) is 3.47. The number of rotatable bonds is 3. The highest BCUT2D eigenvalue weighted by Gasteiger charge is 2.20. The van der Waals surface area contributed by atoms with Crippen molar-refractivity contribution in [2.45, 2.75) is 38.8 Å². The van der Waals surface area contributed by atoms with E-state index in [0.717, 1.165) is 41.9 Å². The Balaban J connectivity index is 1.67. The number of hydrogen-bond donors (Lipinski definition) is 1. The lowest BCUT2D eigenvalue weighted by Gasteiger charge is -2.19. The summed E-state index contributed by atoms with van der Waals surface area (Å²) in [6, 6.07) is 9.30. The smallest absolute Gasteiger partial charge is 0.155 e. The molecule has 25 heavy (non-hydrogen) atoms. The molecule has 0 saturated carbocycles. The Kier molecular flexibility index (Phi) is 4.02. The zero-order valence-electron chi connectivity index (χ0n) is 13.8. The van der Waals surface area contributed by atoms with Crippen LogP contribution in [-0.4, -0.2) is 19.7 Å². The second kappa shape index (κ2) is 6.34. The van der Waals surface area contributed by atoms with Crippen LogP contribution in [0.5, 0.6) is 0 Å². The van der Waals surface area contributed by atoms with Gasteiger partial charge >= 0.3 is 0 Å². The first-order valence-electron chi connectivity index (χ1n) is 8.34. The number of aromatic nitrogens is 4. The van der Waals surface area contributed by atoms with Gasteiger partial charge in [-0.3, -0.25) is 0 Å². The standard InChI is InChI=1S/C18H17ClN6/c1-11(18-24-23-17-4-2-3-7-25(17)18)21-16-8-12(10-20)14-9-13(19)5-6-15(14)22-16/h5-6,8-9,11H,2-4,7H2,1H3,(H,21,22). The van der Waals surface area contributed by atoms with E-state index in [1.165, 1.54) is 6.42 Å². The molecule has 1 atom stereocenters. The molecule has 0 bridgehead atoms. The largest absolute Gasteiger partial charge is 0.360 e. The molecule has 2 aromatic heterocycles. The second-order valence-electron chi connectivity index (χ2n) is 6.28. The van der Waals surface area contributed by atoms with Crippen LogP contribution in [-0.2, 0) is 13.0 Å². The van der Waals surface area contributed by atoms with Crippen molar-refractivity contribution in [3.8, 4) is 6.07 Å². The third kappa shape index (κ3) is 2.92. The molecule has 4 rings (SSSR count). The Morgan fingerprint density at radius 1 is 1.28 bits per heavy atom. The van der Waals surface area contributed by atoms with Crippen molar-refractivity contribution < 1.29 is 0 Å². The fourth-order valence-electron chi connectivity index (χ4n) is 3.30. The minimum atomic E-state index is -0.0526. The van der Waals surface area contributed by atoms with Crippen LogP contribution < -0.4 is 5.32 Å². The SMILES string of the molecule is CC(Nc1cc(C#N)c2cc(Cl)ccc2n1)c1nnc2n1CCCC2. The van der Waals surface area contributed by atoms with Crippen LogP contribution in [0.15, 0.2) is 24.3 Å². The maximum atomic E-state index is 9.45. The van der Waals surface area contributed by atoms with Crippen LogP contribution in [0.25, 0.3) is 10.9 Å². The van der Waals surface area contributed by atoms with Gasteiger partial charge in [0.1, 0.15) is 11.6 Å². The average molecular weight is 353 g/mol. The van der Waals surface area contributed by atoms with E-state index in [4.69, 9.17) is 11.6 Å². The summed E-state index contributed by atoms with van der Waals surface area (Å²) in [5.74, 6) is 2.60. The van der Waals surface area contributed by atoms with Crippen molar-refractivity contribution in [3.63, 3.8) is 0 Å². The predicted octanol–water partition coefficient (Wildman–Crippen LogP) is 3.86. The van der Waals surface area contributed by atoms with Crippen molar-refractivity contribution in [2.75, 3.05) is 5.32 Å². The molecule has 3 heterocycles. The molecular weight excluding hydrogens is 336 g/mol. The number of fused-ring (bicyclic) bond motifs is 2. The van der Waals surface area contributed by atoms with Gasteiger partial charge in [0.05, 0.1) is 23.2 Å². The van der Waals surface area contributed by atoms with E-state index in [1.54, 1.807) is 18.2 Å². The lowest BCUT2D eigenvalue weighted by molar-refractivity contribution is 0.500. The Hall–Kier alpha value is -2.65. The van der Waals surface area contributed by atoms with E-state index >= 15 is 0 Å². The van der Waals surface area contributed by atoms with Gasteiger partial charge < -0.3 is 9.88 Å². The van der Waals surface area contributed by atoms with E-state index in [2.05, 4.69) is 31.1 Å². The topological polar surface area (TPSA) is 79.4 Å². The summed E-state index contributed by atoms with van der Waals surface area (Å²) in [5.41, 5.74) is 1.28. The lowest BCUT2D eigenvalue weighted by atomic mass is 10.1. The molecule has 6 nitrogen and oxygen atoms in total. The van der Waals surface area contributed by atoms with Gasteiger partial charge in [-0.2, -0.15) is 5.26 Å². The number of nitrogens with one attached hydrogen (secondary N) is 1. The normalized spacial score (nSPS) is 14.8. The molecule has 7 heteroatoms. The number of aryl methyl sites for hydroxylation is 1. The van der Waals surface area contributed by atoms with E-state index in [0.29, 0.717) is 16.4 Å². The molecule has 0 aliphatic carbocycles. The molecule has 3 aromatic rings. The zero-order chi connectivity index (χ0) is 17.4. The summed E-state index contributed by atoms with van der Waals surface area (Å²) in [7, 11) is 0. The van der Waals surface area contributed by atoms with Gasteiger partial charge in [0.25, 0.3) is 0 Å². The number of halogens is 1. The van der Waals surface area contributed by atoms with Crippen LogP contribution in [0, 0.1) is 11.3 Å². The Morgan fingerprint density at radius 2 is 2.16 bits per heavy atom. The highest BCUT2D eigenvalue weighted by Crippen LogP contribution is 2.26. The first-order chi connectivity index (χ1) is 12.2. The minimum absolute atomic E-state index is 0.0526. The van der Waals surface area contributed by atoms with E-state index in [1.807, 2.05) is 13.0 Å². The highest BCUT2D eigenvalue weighted by molar-refractivity contribution is 6.31. The van der Waals surface area contributed by atoms with Crippen LogP contribution in [0.2, 0.25) is 5.02 Å². The molecule has 1 aliphatic rings. The molecular formula is C18H17ClN6. The van der Waals surface area contributed by atoms with Crippen molar-refractivity contribution in [1.29, 1.82) is 5.26 Å². The van der Waals surface area contributed by atoms with E-state index < -0.39 is 0 Å². The van der Waals surface area contributed by atoms with Gasteiger partial charge in [0, 0.05) is 23.4 Å². The predicted molar refractivity (Wildman–Crippen MR) is 96.5 cm³/mol. The third-order valence-corrected chi connectivity index (χ3v) is 4.77. The first kappa shape index (κ1) is 15.9. The Bertz CT molecular complexity index is 987. The lowest BCUT2D eigenvalue weighted by Crippen LogP contribution is -2.18. The van der Waals surface area contributed by atoms with Crippen molar-refractivity contribution in [1.82, 2.24) is 19.7 Å². The molecule has 0 saturated heterocycles. The number of nitrogens with zero attached hydrogens (tertiary/aromatic N) is 5. The number of hydrogen-bond acceptors (Lipinski definition) is 5. The number of pyridine rings is 1. The summed E-state index contributed by atoms with van der Waals surface area (Å²) in [5, 5.41) is 22.8. The summed E-state index contributed by atoms with van der Waals surface area (Å²) in [6.07, 6.45) is 3.30. The maximum absolute atomic E-state index is 9.45. The average Bonchev–Trinajstić information content (AvgIpc) is 3.05. The van der Waals surface area contributed by atoms with Crippen LogP contribution in [0.1, 0.15) is 43.0 Å². The molecule has 0 radical (unpaired) electrons. The summed E-state index contributed by atoms with van der Waals surface area (Å²) < 4.78 is 2.19.